The van der Waals surface area contributed by atoms with Crippen molar-refractivity contribution in [1.29, 1.82) is 0 Å². The second-order valence-electron chi connectivity index (χ2n) is 4.04. The van der Waals surface area contributed by atoms with Gasteiger partial charge in [-0.05, 0) is 39.8 Å². The Hall–Kier alpha value is -1.62. The fourth-order valence-electron chi connectivity index (χ4n) is 1.65. The largest absolute Gasteiger partial charge is 0.488 e. The van der Waals surface area contributed by atoms with Crippen molar-refractivity contribution >= 4 is 34.5 Å². The monoisotopic (exact) mass is 364 g/mol. The maximum absolute atomic E-state index is 10.9. The molecule has 0 atom stereocenters. The van der Waals surface area contributed by atoms with E-state index in [1.165, 1.54) is 0 Å². The zero-order valence-corrected chi connectivity index (χ0v) is 12.5. The summed E-state index contributed by atoms with van der Waals surface area (Å²) in [4.78, 5) is 10.9. The zero-order chi connectivity index (χ0) is 13.7. The smallest absolute Gasteiger partial charge is 0.151 e. The van der Waals surface area contributed by atoms with Crippen LogP contribution in [0.15, 0.2) is 55.1 Å². The molecular formula is C16H13IO2. The van der Waals surface area contributed by atoms with E-state index < -0.39 is 0 Å². The fraction of sp³-hybridized carbons (Fsp3) is 0.0625. The van der Waals surface area contributed by atoms with E-state index in [2.05, 4.69) is 29.2 Å². The second-order valence-corrected chi connectivity index (χ2v) is 5.11. The summed E-state index contributed by atoms with van der Waals surface area (Å²) in [6.07, 6.45) is 0.834. The fourth-order valence-corrected chi connectivity index (χ4v) is 2.29. The minimum absolute atomic E-state index is 0.405. The van der Waals surface area contributed by atoms with E-state index in [1.807, 2.05) is 42.5 Å². The Morgan fingerprint density at radius 3 is 2.58 bits per heavy atom. The van der Waals surface area contributed by atoms with Gasteiger partial charge >= 0.3 is 0 Å². The van der Waals surface area contributed by atoms with Gasteiger partial charge in [-0.1, -0.05) is 49.0 Å². The van der Waals surface area contributed by atoms with Gasteiger partial charge in [0.2, 0.25) is 0 Å². The Kier molecular flexibility index (Phi) is 4.74. The summed E-state index contributed by atoms with van der Waals surface area (Å²) in [5, 5.41) is 0. The molecule has 0 bridgehead atoms. The van der Waals surface area contributed by atoms with E-state index in [1.54, 1.807) is 6.07 Å². The van der Waals surface area contributed by atoms with Gasteiger partial charge in [-0.3, -0.25) is 4.79 Å². The normalized spacial score (nSPS) is 9.95. The van der Waals surface area contributed by atoms with Gasteiger partial charge in [0.25, 0.3) is 0 Å². The van der Waals surface area contributed by atoms with Crippen LogP contribution in [0.1, 0.15) is 15.9 Å². The first kappa shape index (κ1) is 13.8. The first-order valence-electron chi connectivity index (χ1n) is 5.82. The minimum atomic E-state index is 0.405. The Bertz CT molecular complexity index is 591. The Morgan fingerprint density at radius 1 is 1.16 bits per heavy atom. The van der Waals surface area contributed by atoms with E-state index in [4.69, 9.17) is 4.74 Å². The van der Waals surface area contributed by atoms with E-state index in [-0.39, 0.29) is 0 Å². The number of ether oxygens (including phenoxy) is 1. The average Bonchev–Trinajstić information content (AvgIpc) is 2.47. The van der Waals surface area contributed by atoms with Gasteiger partial charge in [-0.25, -0.2) is 0 Å². The maximum Gasteiger partial charge on any atom is 0.151 e. The number of aldehydes is 1. The van der Waals surface area contributed by atoms with Crippen LogP contribution >= 0.6 is 22.6 Å². The summed E-state index contributed by atoms with van der Waals surface area (Å²) in [7, 11) is 0. The van der Waals surface area contributed by atoms with Gasteiger partial charge < -0.3 is 4.74 Å². The lowest BCUT2D eigenvalue weighted by molar-refractivity contribution is 0.112. The Morgan fingerprint density at radius 2 is 1.89 bits per heavy atom. The molecule has 2 nitrogen and oxygen atoms in total. The standard InChI is InChI=1S/C16H13IO2/c1-12(13-6-3-2-4-7-13)11-19-15-9-5-8-14(10-18)16(15)17/h2-10H,1,11H2. The zero-order valence-electron chi connectivity index (χ0n) is 10.3. The lowest BCUT2D eigenvalue weighted by Gasteiger charge is -2.11. The molecule has 0 fully saturated rings. The molecule has 2 aromatic carbocycles. The van der Waals surface area contributed by atoms with Crippen LogP contribution in [0.25, 0.3) is 5.57 Å². The molecule has 0 heterocycles. The Labute approximate surface area is 126 Å². The number of rotatable bonds is 5. The van der Waals surface area contributed by atoms with Crippen LogP contribution in [0.4, 0.5) is 0 Å². The van der Waals surface area contributed by atoms with E-state index in [9.17, 15) is 4.79 Å². The number of carbonyl (C=O) groups is 1. The second kappa shape index (κ2) is 6.52. The molecule has 0 aromatic heterocycles. The van der Waals surface area contributed by atoms with Crippen molar-refractivity contribution < 1.29 is 9.53 Å². The van der Waals surface area contributed by atoms with Gasteiger partial charge in [-0.15, -0.1) is 0 Å². The molecule has 2 aromatic rings. The topological polar surface area (TPSA) is 26.3 Å². The number of carbonyl (C=O) groups excluding carboxylic acids is 1. The molecule has 0 aliphatic carbocycles. The van der Waals surface area contributed by atoms with Crippen molar-refractivity contribution in [1.82, 2.24) is 0 Å². The number of benzene rings is 2. The van der Waals surface area contributed by atoms with E-state index in [0.29, 0.717) is 17.9 Å². The molecule has 0 aliphatic heterocycles. The summed E-state index contributed by atoms with van der Waals surface area (Å²) in [5.41, 5.74) is 2.61. The van der Waals surface area contributed by atoms with Crippen molar-refractivity contribution in [3.05, 3.63) is 69.8 Å². The molecule has 0 radical (unpaired) electrons. The summed E-state index contributed by atoms with van der Waals surface area (Å²) in [6.45, 7) is 4.42. The molecule has 0 saturated carbocycles. The third kappa shape index (κ3) is 3.44. The van der Waals surface area contributed by atoms with Gasteiger partial charge in [0, 0.05) is 5.56 Å². The van der Waals surface area contributed by atoms with Crippen molar-refractivity contribution in [3.8, 4) is 5.75 Å². The highest BCUT2D eigenvalue weighted by Crippen LogP contribution is 2.24. The van der Waals surface area contributed by atoms with Crippen LogP contribution in [0.5, 0.6) is 5.75 Å². The predicted molar refractivity (Wildman–Crippen MR) is 85.5 cm³/mol. The van der Waals surface area contributed by atoms with Crippen LogP contribution in [-0.2, 0) is 0 Å². The molecular weight excluding hydrogens is 351 g/mol. The summed E-state index contributed by atoms with van der Waals surface area (Å²) in [6, 6.07) is 15.3. The van der Waals surface area contributed by atoms with Gasteiger partial charge in [0.15, 0.2) is 6.29 Å². The third-order valence-electron chi connectivity index (χ3n) is 2.70. The molecule has 3 heteroatoms. The molecule has 0 saturated heterocycles. The van der Waals surface area contributed by atoms with Gasteiger partial charge in [0.1, 0.15) is 12.4 Å². The van der Waals surface area contributed by atoms with Gasteiger partial charge in [0.05, 0.1) is 3.57 Å². The van der Waals surface area contributed by atoms with Crippen LogP contribution in [0.2, 0.25) is 0 Å². The van der Waals surface area contributed by atoms with Crippen molar-refractivity contribution in [2.24, 2.45) is 0 Å². The average molecular weight is 364 g/mol. The van der Waals surface area contributed by atoms with Crippen LogP contribution in [0.3, 0.4) is 0 Å². The molecule has 0 spiro atoms. The molecule has 0 unspecified atom stereocenters. The van der Waals surface area contributed by atoms with Crippen molar-refractivity contribution in [2.45, 2.75) is 0 Å². The lowest BCUT2D eigenvalue weighted by Crippen LogP contribution is -2.02. The molecule has 0 aliphatic rings. The summed E-state index contributed by atoms with van der Waals surface area (Å²) in [5.74, 6) is 0.710. The highest BCUT2D eigenvalue weighted by atomic mass is 127. The van der Waals surface area contributed by atoms with Crippen LogP contribution < -0.4 is 4.74 Å². The predicted octanol–water partition coefficient (Wildman–Crippen LogP) is 4.20. The SMILES string of the molecule is C=C(COc1cccc(C=O)c1I)c1ccccc1. The van der Waals surface area contributed by atoms with Crippen LogP contribution in [0, 0.1) is 3.57 Å². The Balaban J connectivity index is 2.07. The first-order valence-corrected chi connectivity index (χ1v) is 6.90. The molecule has 96 valence electrons. The molecule has 19 heavy (non-hydrogen) atoms. The number of hydrogen-bond acceptors (Lipinski definition) is 2. The van der Waals surface area contributed by atoms with Crippen molar-refractivity contribution in [2.75, 3.05) is 6.61 Å². The summed E-state index contributed by atoms with van der Waals surface area (Å²) >= 11 is 2.12. The first-order chi connectivity index (χ1) is 9.22. The van der Waals surface area contributed by atoms with Crippen molar-refractivity contribution in [3.63, 3.8) is 0 Å². The maximum atomic E-state index is 10.9. The summed E-state index contributed by atoms with van der Waals surface area (Å²) < 4.78 is 6.56. The highest BCUT2D eigenvalue weighted by Gasteiger charge is 2.06. The van der Waals surface area contributed by atoms with E-state index >= 15 is 0 Å². The quantitative estimate of drug-likeness (QED) is 0.587. The molecule has 0 N–H and O–H groups in total. The molecule has 0 amide bonds. The van der Waals surface area contributed by atoms with Crippen LogP contribution in [-0.4, -0.2) is 12.9 Å². The lowest BCUT2D eigenvalue weighted by atomic mass is 10.1. The number of halogens is 1. The minimum Gasteiger partial charge on any atom is -0.488 e. The highest BCUT2D eigenvalue weighted by molar-refractivity contribution is 14.1. The van der Waals surface area contributed by atoms with E-state index in [0.717, 1.165) is 21.0 Å². The molecule has 2 rings (SSSR count). The third-order valence-corrected chi connectivity index (χ3v) is 3.86. The number of hydrogen-bond donors (Lipinski definition) is 0. The van der Waals surface area contributed by atoms with Gasteiger partial charge in [-0.2, -0.15) is 0 Å².